The van der Waals surface area contributed by atoms with Gasteiger partial charge in [-0.05, 0) is 23.8 Å². The summed E-state index contributed by atoms with van der Waals surface area (Å²) in [5.74, 6) is -0.00448. The van der Waals surface area contributed by atoms with Gasteiger partial charge >= 0.3 is 10.1 Å². The van der Waals surface area contributed by atoms with Crippen molar-refractivity contribution in [2.75, 3.05) is 6.26 Å². The van der Waals surface area contributed by atoms with E-state index < -0.39 is 10.1 Å². The Hall–Kier alpha value is -1.38. The highest BCUT2D eigenvalue weighted by molar-refractivity contribution is 8.26. The highest BCUT2D eigenvalue weighted by Gasteiger charge is 2.21. The third-order valence-electron chi connectivity index (χ3n) is 2.07. The van der Waals surface area contributed by atoms with Crippen molar-refractivity contribution in [3.63, 3.8) is 0 Å². The number of thiocarbonyl (C=S) groups is 1. The van der Waals surface area contributed by atoms with Crippen molar-refractivity contribution in [1.29, 1.82) is 0 Å². The Kier molecular flexibility index (Phi) is 3.93. The molecule has 1 saturated heterocycles. The molecular formula is C11H9NO4S3. The van der Waals surface area contributed by atoms with Gasteiger partial charge in [-0.15, -0.1) is 0 Å². The van der Waals surface area contributed by atoms with Crippen LogP contribution in [0.2, 0.25) is 0 Å². The van der Waals surface area contributed by atoms with Crippen molar-refractivity contribution in [3.8, 4) is 5.75 Å². The lowest BCUT2D eigenvalue weighted by Gasteiger charge is -2.02. The first-order chi connectivity index (χ1) is 8.83. The van der Waals surface area contributed by atoms with Gasteiger partial charge in [-0.3, -0.25) is 4.79 Å². The van der Waals surface area contributed by atoms with Crippen LogP contribution in [0.3, 0.4) is 0 Å². The van der Waals surface area contributed by atoms with E-state index in [-0.39, 0.29) is 11.7 Å². The summed E-state index contributed by atoms with van der Waals surface area (Å²) >= 11 is 6.06. The Labute approximate surface area is 120 Å². The van der Waals surface area contributed by atoms with E-state index in [4.69, 9.17) is 16.4 Å². The Morgan fingerprint density at radius 2 is 1.95 bits per heavy atom. The summed E-state index contributed by atoms with van der Waals surface area (Å²) in [4.78, 5) is 12.0. The predicted molar refractivity (Wildman–Crippen MR) is 78.2 cm³/mol. The number of carbonyl (C=O) groups is 1. The van der Waals surface area contributed by atoms with Gasteiger partial charge in [-0.2, -0.15) is 8.42 Å². The van der Waals surface area contributed by atoms with Gasteiger partial charge in [0, 0.05) is 0 Å². The number of rotatable bonds is 3. The molecule has 19 heavy (non-hydrogen) atoms. The van der Waals surface area contributed by atoms with Gasteiger partial charge in [-0.25, -0.2) is 0 Å². The van der Waals surface area contributed by atoms with Crippen molar-refractivity contribution in [3.05, 3.63) is 34.7 Å². The maximum Gasteiger partial charge on any atom is 0.306 e. The summed E-state index contributed by atoms with van der Waals surface area (Å²) in [6, 6.07) is 6.35. The summed E-state index contributed by atoms with van der Waals surface area (Å²) in [7, 11) is -3.53. The van der Waals surface area contributed by atoms with Crippen LogP contribution < -0.4 is 9.50 Å². The number of carbonyl (C=O) groups excluding carboxylic acids is 1. The fraction of sp³-hybridized carbons (Fsp3) is 0.0909. The SMILES string of the molecule is CS(=O)(=O)Oc1ccc(/C=C2\SC(=S)NC2=O)cc1. The molecule has 100 valence electrons. The molecule has 2 rings (SSSR count). The molecule has 5 nitrogen and oxygen atoms in total. The fourth-order valence-corrected chi connectivity index (χ4v) is 2.87. The van der Waals surface area contributed by atoms with Crippen LogP contribution >= 0.6 is 24.0 Å². The first-order valence-corrected chi connectivity index (χ1v) is 8.12. The molecule has 0 bridgehead atoms. The van der Waals surface area contributed by atoms with Crippen molar-refractivity contribution in [2.24, 2.45) is 0 Å². The highest BCUT2D eigenvalue weighted by Crippen LogP contribution is 2.26. The lowest BCUT2D eigenvalue weighted by atomic mass is 10.2. The van der Waals surface area contributed by atoms with Gasteiger partial charge in [0.2, 0.25) is 0 Å². The molecule has 1 aliphatic rings. The second-order valence-electron chi connectivity index (χ2n) is 3.71. The molecule has 0 unspecified atom stereocenters. The summed E-state index contributed by atoms with van der Waals surface area (Å²) in [5.41, 5.74) is 0.753. The van der Waals surface area contributed by atoms with Gasteiger partial charge in [-0.1, -0.05) is 36.1 Å². The Bertz CT molecular complexity index is 662. The normalized spacial score (nSPS) is 17.6. The Balaban J connectivity index is 2.18. The lowest BCUT2D eigenvalue weighted by Crippen LogP contribution is -2.17. The van der Waals surface area contributed by atoms with Crippen LogP contribution in [0.15, 0.2) is 29.2 Å². The molecule has 1 aromatic carbocycles. The van der Waals surface area contributed by atoms with Crippen molar-refractivity contribution < 1.29 is 17.4 Å². The monoisotopic (exact) mass is 315 g/mol. The van der Waals surface area contributed by atoms with E-state index in [2.05, 4.69) is 5.32 Å². The third kappa shape index (κ3) is 4.05. The molecule has 1 fully saturated rings. The van der Waals surface area contributed by atoms with Gasteiger partial charge in [0.15, 0.2) is 0 Å². The summed E-state index contributed by atoms with van der Waals surface area (Å²) in [5, 5.41) is 2.51. The maximum atomic E-state index is 11.5. The molecule has 0 aromatic heterocycles. The third-order valence-corrected chi connectivity index (χ3v) is 3.73. The lowest BCUT2D eigenvalue weighted by molar-refractivity contribution is -0.115. The number of thioether (sulfide) groups is 1. The first-order valence-electron chi connectivity index (χ1n) is 5.08. The standard InChI is InChI=1S/C11H9NO4S3/c1-19(14,15)16-8-4-2-7(3-5-8)6-9-10(13)12-11(17)18-9/h2-6H,1H3,(H,12,13,17)/b9-6-. The maximum absolute atomic E-state index is 11.5. The second kappa shape index (κ2) is 5.32. The number of amides is 1. The second-order valence-corrected chi connectivity index (χ2v) is 7.00. The van der Waals surface area contributed by atoms with Crippen LogP contribution in [0.1, 0.15) is 5.56 Å². The first kappa shape index (κ1) is 14.0. The van der Waals surface area contributed by atoms with Crippen LogP contribution in [0, 0.1) is 0 Å². The zero-order chi connectivity index (χ0) is 14.0. The van der Waals surface area contributed by atoms with Gasteiger partial charge in [0.05, 0.1) is 11.2 Å². The van der Waals surface area contributed by atoms with Gasteiger partial charge < -0.3 is 9.50 Å². The smallest absolute Gasteiger partial charge is 0.306 e. The highest BCUT2D eigenvalue weighted by atomic mass is 32.2. The largest absolute Gasteiger partial charge is 0.383 e. The molecule has 8 heteroatoms. The van der Waals surface area contributed by atoms with E-state index in [1.165, 1.54) is 23.9 Å². The molecule has 0 saturated carbocycles. The van der Waals surface area contributed by atoms with Gasteiger partial charge in [0.25, 0.3) is 5.91 Å². The molecule has 1 N–H and O–H groups in total. The molecule has 1 aliphatic heterocycles. The van der Waals surface area contributed by atoms with Crippen LogP contribution in [0.5, 0.6) is 5.75 Å². The molecule has 0 aliphatic carbocycles. The molecule has 1 amide bonds. The Morgan fingerprint density at radius 1 is 1.32 bits per heavy atom. The minimum atomic E-state index is -3.53. The van der Waals surface area contributed by atoms with E-state index in [0.717, 1.165) is 11.8 Å². The Morgan fingerprint density at radius 3 is 2.42 bits per heavy atom. The molecule has 0 spiro atoms. The van der Waals surface area contributed by atoms with Crippen LogP contribution in [0.25, 0.3) is 6.08 Å². The van der Waals surface area contributed by atoms with E-state index >= 15 is 0 Å². The van der Waals surface area contributed by atoms with Gasteiger partial charge in [0.1, 0.15) is 10.1 Å². The summed E-state index contributed by atoms with van der Waals surface area (Å²) < 4.78 is 27.0. The summed E-state index contributed by atoms with van der Waals surface area (Å²) in [6.45, 7) is 0. The van der Waals surface area contributed by atoms with E-state index in [1.54, 1.807) is 18.2 Å². The number of benzene rings is 1. The number of hydrogen-bond acceptors (Lipinski definition) is 6. The average molecular weight is 315 g/mol. The van der Waals surface area contributed by atoms with Crippen LogP contribution in [-0.4, -0.2) is 24.9 Å². The van der Waals surface area contributed by atoms with Crippen molar-refractivity contribution in [1.82, 2.24) is 5.32 Å². The molecule has 0 radical (unpaired) electrons. The quantitative estimate of drug-likeness (QED) is 0.518. The number of nitrogens with one attached hydrogen (secondary N) is 1. The predicted octanol–water partition coefficient (Wildman–Crippen LogP) is 1.51. The van der Waals surface area contributed by atoms with Crippen LogP contribution in [0.4, 0.5) is 0 Å². The summed E-state index contributed by atoms with van der Waals surface area (Å²) in [6.07, 6.45) is 2.65. The number of hydrogen-bond donors (Lipinski definition) is 1. The minimum Gasteiger partial charge on any atom is -0.383 e. The topological polar surface area (TPSA) is 72.5 Å². The molecule has 1 heterocycles. The molecule has 1 aromatic rings. The van der Waals surface area contributed by atoms with E-state index in [9.17, 15) is 13.2 Å². The zero-order valence-corrected chi connectivity index (χ0v) is 12.2. The minimum absolute atomic E-state index is 0.226. The van der Waals surface area contributed by atoms with E-state index in [1.807, 2.05) is 0 Å². The van der Waals surface area contributed by atoms with Crippen LogP contribution in [-0.2, 0) is 14.9 Å². The molecular weight excluding hydrogens is 306 g/mol. The van der Waals surface area contributed by atoms with Crippen molar-refractivity contribution >= 4 is 50.4 Å². The fourth-order valence-electron chi connectivity index (χ4n) is 1.37. The van der Waals surface area contributed by atoms with E-state index in [0.29, 0.717) is 9.23 Å². The molecule has 0 atom stereocenters. The average Bonchev–Trinajstić information content (AvgIpc) is 2.58. The zero-order valence-electron chi connectivity index (χ0n) is 9.74. The van der Waals surface area contributed by atoms with Crippen molar-refractivity contribution in [2.45, 2.75) is 0 Å².